The first-order valence-electron chi connectivity index (χ1n) is 9.29. The molecule has 0 spiro atoms. The van der Waals surface area contributed by atoms with E-state index >= 15 is 0 Å². The van der Waals surface area contributed by atoms with E-state index in [2.05, 4.69) is 6.92 Å². The van der Waals surface area contributed by atoms with Crippen LogP contribution in [0, 0.1) is 11.8 Å². The summed E-state index contributed by atoms with van der Waals surface area (Å²) in [6.07, 6.45) is 17.4. The molecule has 0 amide bonds. The van der Waals surface area contributed by atoms with Gasteiger partial charge in [-0.25, -0.2) is 0 Å². The first kappa shape index (κ1) is 21.8. The predicted octanol–water partition coefficient (Wildman–Crippen LogP) is 2.89. The second-order valence-corrected chi connectivity index (χ2v) is 6.99. The quantitative estimate of drug-likeness (QED) is 0.361. The van der Waals surface area contributed by atoms with Crippen molar-refractivity contribution in [2.24, 2.45) is 11.8 Å². The fourth-order valence-electron chi connectivity index (χ4n) is 3.12. The number of aliphatic hydroxyl groups excluding tert-OH is 3. The van der Waals surface area contributed by atoms with Crippen molar-refractivity contribution in [1.29, 1.82) is 0 Å². The second kappa shape index (κ2) is 11.4. The van der Waals surface area contributed by atoms with E-state index in [1.54, 1.807) is 19.1 Å². The Bertz CT molecular complexity index is 476. The van der Waals surface area contributed by atoms with Crippen molar-refractivity contribution in [3.05, 3.63) is 48.6 Å². The van der Waals surface area contributed by atoms with Crippen LogP contribution >= 0.6 is 0 Å². The highest BCUT2D eigenvalue weighted by atomic mass is 16.3. The first-order chi connectivity index (χ1) is 11.9. The van der Waals surface area contributed by atoms with E-state index in [4.69, 9.17) is 5.11 Å². The predicted molar refractivity (Wildman–Crippen MR) is 102 cm³/mol. The lowest BCUT2D eigenvalue weighted by molar-refractivity contribution is 0.120. The summed E-state index contributed by atoms with van der Waals surface area (Å²) < 4.78 is 0. The summed E-state index contributed by atoms with van der Waals surface area (Å²) in [6, 6.07) is 0. The second-order valence-electron chi connectivity index (χ2n) is 6.99. The van der Waals surface area contributed by atoms with Gasteiger partial charge in [0.2, 0.25) is 0 Å². The van der Waals surface area contributed by atoms with Crippen LogP contribution in [0.15, 0.2) is 48.6 Å². The van der Waals surface area contributed by atoms with Crippen LogP contribution in [0.25, 0.3) is 0 Å². The lowest BCUT2D eigenvalue weighted by atomic mass is 9.88. The molecule has 5 atom stereocenters. The van der Waals surface area contributed by atoms with Crippen molar-refractivity contribution in [2.45, 2.75) is 63.8 Å². The Morgan fingerprint density at radius 3 is 2.40 bits per heavy atom. The highest BCUT2D eigenvalue weighted by Crippen LogP contribution is 2.36. The third-order valence-corrected chi connectivity index (χ3v) is 4.57. The van der Waals surface area contributed by atoms with Crippen LogP contribution in [0.3, 0.4) is 0 Å². The molecule has 0 aromatic rings. The minimum absolute atomic E-state index is 0.0656. The molecule has 142 valence electrons. The van der Waals surface area contributed by atoms with Gasteiger partial charge in [-0.05, 0) is 32.1 Å². The molecule has 0 aliphatic heterocycles. The van der Waals surface area contributed by atoms with Crippen molar-refractivity contribution in [3.63, 3.8) is 0 Å². The summed E-state index contributed by atoms with van der Waals surface area (Å²) in [4.78, 5) is 0. The van der Waals surface area contributed by atoms with Crippen molar-refractivity contribution in [1.82, 2.24) is 0 Å². The molecule has 1 aliphatic carbocycles. The molecular weight excluding hydrogens is 316 g/mol. The van der Waals surface area contributed by atoms with Gasteiger partial charge >= 0.3 is 0 Å². The van der Waals surface area contributed by atoms with Gasteiger partial charge in [0, 0.05) is 18.9 Å². The maximum Gasteiger partial charge on any atom is 0.0980 e. The fourth-order valence-corrected chi connectivity index (χ4v) is 3.12. The fraction of sp³-hybridized carbons (Fsp3) is 0.619. The molecule has 0 heterocycles. The standard InChI is InChI=1S/C21H34O4/c1-3-4-9-13-21(2,25)14-12-18-17(19(23)16-20(18)24)11-8-6-5-7-10-15-22/h5-9,12-14,17-20,22-25H,3-4,10-11,15-16H2,1-2H3/b7-5+,8-6-,13-9-,14-12+/t17-,18-,19+,20-,21+/m1/s1. The van der Waals surface area contributed by atoms with Crippen molar-refractivity contribution in [3.8, 4) is 0 Å². The summed E-state index contributed by atoms with van der Waals surface area (Å²) >= 11 is 0. The van der Waals surface area contributed by atoms with E-state index in [0.717, 1.165) is 12.8 Å². The number of rotatable bonds is 10. The van der Waals surface area contributed by atoms with E-state index in [9.17, 15) is 15.3 Å². The molecule has 1 aliphatic rings. The third kappa shape index (κ3) is 8.15. The van der Waals surface area contributed by atoms with E-state index in [-0.39, 0.29) is 18.4 Å². The van der Waals surface area contributed by atoms with Gasteiger partial charge in [0.05, 0.1) is 17.8 Å². The zero-order chi connectivity index (χ0) is 18.7. The van der Waals surface area contributed by atoms with Gasteiger partial charge in [-0.3, -0.25) is 0 Å². The molecule has 0 radical (unpaired) electrons. The Morgan fingerprint density at radius 2 is 1.72 bits per heavy atom. The Morgan fingerprint density at radius 1 is 1.00 bits per heavy atom. The largest absolute Gasteiger partial charge is 0.396 e. The number of allylic oxidation sites excluding steroid dienone is 4. The van der Waals surface area contributed by atoms with E-state index in [0.29, 0.717) is 19.3 Å². The van der Waals surface area contributed by atoms with Gasteiger partial charge in [0.1, 0.15) is 0 Å². The van der Waals surface area contributed by atoms with Crippen molar-refractivity contribution in [2.75, 3.05) is 6.61 Å². The molecule has 25 heavy (non-hydrogen) atoms. The summed E-state index contributed by atoms with van der Waals surface area (Å²) in [5, 5.41) is 39.5. The van der Waals surface area contributed by atoms with Crippen molar-refractivity contribution < 1.29 is 20.4 Å². The van der Waals surface area contributed by atoms with E-state index in [1.165, 1.54) is 0 Å². The monoisotopic (exact) mass is 350 g/mol. The van der Waals surface area contributed by atoms with Crippen LogP contribution in [0.5, 0.6) is 0 Å². The molecule has 1 fully saturated rings. The highest BCUT2D eigenvalue weighted by molar-refractivity contribution is 5.15. The van der Waals surface area contributed by atoms with Gasteiger partial charge in [-0.2, -0.15) is 0 Å². The average molecular weight is 350 g/mol. The van der Waals surface area contributed by atoms with Crippen LogP contribution in [0.4, 0.5) is 0 Å². The van der Waals surface area contributed by atoms with Crippen LogP contribution in [-0.4, -0.2) is 44.8 Å². The highest BCUT2D eigenvalue weighted by Gasteiger charge is 2.39. The van der Waals surface area contributed by atoms with Crippen LogP contribution in [0.2, 0.25) is 0 Å². The Labute approximate surface area is 151 Å². The Balaban J connectivity index is 2.69. The minimum atomic E-state index is -1.05. The Hall–Kier alpha value is -1.20. The zero-order valence-electron chi connectivity index (χ0n) is 15.5. The maximum absolute atomic E-state index is 10.4. The molecular formula is C21H34O4. The first-order valence-corrected chi connectivity index (χ1v) is 9.29. The molecule has 0 saturated heterocycles. The lowest BCUT2D eigenvalue weighted by Crippen LogP contribution is -2.22. The lowest BCUT2D eigenvalue weighted by Gasteiger charge is -2.21. The zero-order valence-corrected chi connectivity index (χ0v) is 15.5. The third-order valence-electron chi connectivity index (χ3n) is 4.57. The van der Waals surface area contributed by atoms with Gasteiger partial charge < -0.3 is 20.4 Å². The SMILES string of the molecule is CCC/C=C\[C@](C)(O)/C=C/[C@@H]1[C@@H](C/C=C\C=C\CCO)[C@@H](O)C[C@H]1O. The number of hydrogen-bond donors (Lipinski definition) is 4. The smallest absolute Gasteiger partial charge is 0.0980 e. The molecule has 0 aromatic carbocycles. The Kier molecular flexibility index (Phi) is 9.98. The van der Waals surface area contributed by atoms with Crippen molar-refractivity contribution >= 4 is 0 Å². The van der Waals surface area contributed by atoms with Gasteiger partial charge in [-0.15, -0.1) is 0 Å². The topological polar surface area (TPSA) is 80.9 Å². The summed E-state index contributed by atoms with van der Waals surface area (Å²) in [5.74, 6) is -0.240. The van der Waals surface area contributed by atoms with Crippen LogP contribution in [-0.2, 0) is 0 Å². The van der Waals surface area contributed by atoms with Gasteiger partial charge in [-0.1, -0.05) is 62.0 Å². The molecule has 0 bridgehead atoms. The molecule has 4 heteroatoms. The molecule has 1 saturated carbocycles. The molecule has 0 aromatic heterocycles. The molecule has 0 unspecified atom stereocenters. The number of hydrogen-bond acceptors (Lipinski definition) is 4. The number of unbranched alkanes of at least 4 members (excludes halogenated alkanes) is 1. The normalized spacial score (nSPS) is 30.3. The molecule has 1 rings (SSSR count). The minimum Gasteiger partial charge on any atom is -0.396 e. The summed E-state index contributed by atoms with van der Waals surface area (Å²) in [7, 11) is 0. The van der Waals surface area contributed by atoms with Gasteiger partial charge in [0.15, 0.2) is 0 Å². The van der Waals surface area contributed by atoms with Crippen LogP contribution < -0.4 is 0 Å². The summed E-state index contributed by atoms with van der Waals surface area (Å²) in [5.41, 5.74) is -1.05. The average Bonchev–Trinajstić information content (AvgIpc) is 2.82. The van der Waals surface area contributed by atoms with E-state index < -0.39 is 17.8 Å². The van der Waals surface area contributed by atoms with E-state index in [1.807, 2.05) is 36.5 Å². The van der Waals surface area contributed by atoms with Gasteiger partial charge in [0.25, 0.3) is 0 Å². The summed E-state index contributed by atoms with van der Waals surface area (Å²) in [6.45, 7) is 3.94. The molecule has 4 nitrogen and oxygen atoms in total. The number of aliphatic hydroxyl groups is 4. The van der Waals surface area contributed by atoms with Crippen LogP contribution in [0.1, 0.15) is 46.0 Å². The molecule has 4 N–H and O–H groups in total. The maximum atomic E-state index is 10.4.